The first kappa shape index (κ1) is 15.0. The summed E-state index contributed by atoms with van der Waals surface area (Å²) in [5, 5.41) is 7.22. The number of pyridine rings is 1. The second-order valence-electron chi connectivity index (χ2n) is 5.83. The molecule has 24 heavy (non-hydrogen) atoms. The molecule has 0 aliphatic carbocycles. The van der Waals surface area contributed by atoms with Crippen molar-refractivity contribution in [1.29, 1.82) is 0 Å². The first-order valence-corrected chi connectivity index (χ1v) is 8.25. The third-order valence-electron chi connectivity index (χ3n) is 4.27. The summed E-state index contributed by atoms with van der Waals surface area (Å²) in [5.41, 5.74) is 1.92. The molecule has 0 radical (unpaired) electrons. The molecule has 0 bridgehead atoms. The van der Waals surface area contributed by atoms with E-state index in [0.717, 1.165) is 27.8 Å². The lowest BCUT2D eigenvalue weighted by atomic mass is 10.1. The summed E-state index contributed by atoms with van der Waals surface area (Å²) in [6.45, 7) is 3.76. The molecule has 4 aromatic rings. The average Bonchev–Trinajstić information content (AvgIpc) is 2.93. The largest absolute Gasteiger partial charge is 0.275 e. The van der Waals surface area contributed by atoms with Crippen LogP contribution in [0.3, 0.4) is 0 Å². The Morgan fingerprint density at radius 2 is 1.62 bits per heavy atom. The molecule has 5 heteroatoms. The lowest BCUT2D eigenvalue weighted by Crippen LogP contribution is -2.23. The van der Waals surface area contributed by atoms with Crippen molar-refractivity contribution in [3.63, 3.8) is 0 Å². The molecule has 1 unspecified atom stereocenters. The predicted molar refractivity (Wildman–Crippen MR) is 98.1 cm³/mol. The van der Waals surface area contributed by atoms with Crippen LogP contribution in [0.25, 0.3) is 27.5 Å². The molecule has 2 aromatic carbocycles. The van der Waals surface area contributed by atoms with E-state index in [9.17, 15) is 4.79 Å². The van der Waals surface area contributed by atoms with Gasteiger partial charge in [-0.05, 0) is 32.0 Å². The number of benzene rings is 2. The van der Waals surface area contributed by atoms with Crippen molar-refractivity contribution < 1.29 is 0 Å². The minimum Gasteiger partial charge on any atom is -0.275 e. The standard InChI is InChI=1S/C19H16ClN3O/c1-12-17-15-10-6-7-11-16(15)19(24)22(13(2)20)18(17)23(21-12)14-8-4-3-5-9-14/h3-11,13H,1-2H3. The van der Waals surface area contributed by atoms with Gasteiger partial charge in [0, 0.05) is 16.2 Å². The zero-order valence-corrected chi connectivity index (χ0v) is 14.2. The molecule has 0 aliphatic heterocycles. The van der Waals surface area contributed by atoms with Gasteiger partial charge in [0.2, 0.25) is 0 Å². The number of hydrogen-bond donors (Lipinski definition) is 0. The minimum absolute atomic E-state index is 0.0994. The SMILES string of the molecule is Cc1nn(-c2ccccc2)c2c1c1ccccc1c(=O)n2C(C)Cl. The number of para-hydroxylation sites is 1. The maximum atomic E-state index is 13.0. The van der Waals surface area contributed by atoms with Crippen LogP contribution < -0.4 is 5.56 Å². The highest BCUT2D eigenvalue weighted by molar-refractivity contribution is 6.19. The normalized spacial score (nSPS) is 12.8. The molecule has 0 aliphatic rings. The number of hydrogen-bond acceptors (Lipinski definition) is 2. The van der Waals surface area contributed by atoms with Crippen LogP contribution >= 0.6 is 11.6 Å². The van der Waals surface area contributed by atoms with Gasteiger partial charge in [0.25, 0.3) is 5.56 Å². The maximum Gasteiger partial charge on any atom is 0.261 e. The molecule has 0 spiro atoms. The third kappa shape index (κ3) is 2.07. The van der Waals surface area contributed by atoms with E-state index >= 15 is 0 Å². The van der Waals surface area contributed by atoms with Gasteiger partial charge in [0.15, 0.2) is 0 Å². The Labute approximate surface area is 143 Å². The van der Waals surface area contributed by atoms with E-state index in [1.54, 1.807) is 16.2 Å². The summed E-state index contributed by atoms with van der Waals surface area (Å²) in [6, 6.07) is 17.4. The Hall–Kier alpha value is -2.59. The van der Waals surface area contributed by atoms with Crippen LogP contribution in [0.15, 0.2) is 59.4 Å². The summed E-state index contributed by atoms with van der Waals surface area (Å²) in [7, 11) is 0. The van der Waals surface area contributed by atoms with Crippen molar-refractivity contribution in [2.24, 2.45) is 0 Å². The van der Waals surface area contributed by atoms with E-state index in [1.807, 2.05) is 61.5 Å². The van der Waals surface area contributed by atoms with Gasteiger partial charge in [-0.15, -0.1) is 0 Å². The molecule has 1 atom stereocenters. The lowest BCUT2D eigenvalue weighted by molar-refractivity contribution is 0.704. The number of halogens is 1. The van der Waals surface area contributed by atoms with E-state index in [4.69, 9.17) is 16.7 Å². The van der Waals surface area contributed by atoms with Crippen molar-refractivity contribution in [2.45, 2.75) is 19.3 Å². The fourth-order valence-corrected chi connectivity index (χ4v) is 3.43. The highest BCUT2D eigenvalue weighted by Crippen LogP contribution is 2.30. The van der Waals surface area contributed by atoms with Gasteiger partial charge in [-0.25, -0.2) is 4.68 Å². The van der Waals surface area contributed by atoms with Gasteiger partial charge in [-0.2, -0.15) is 5.10 Å². The first-order valence-electron chi connectivity index (χ1n) is 7.81. The molecule has 0 N–H and O–H groups in total. The van der Waals surface area contributed by atoms with Gasteiger partial charge in [0.05, 0.1) is 11.4 Å². The van der Waals surface area contributed by atoms with Crippen LogP contribution in [-0.2, 0) is 0 Å². The molecule has 4 rings (SSSR count). The second kappa shape index (κ2) is 5.49. The monoisotopic (exact) mass is 337 g/mol. The van der Waals surface area contributed by atoms with E-state index in [-0.39, 0.29) is 5.56 Å². The Balaban J connectivity index is 2.28. The number of rotatable bonds is 2. The third-order valence-corrected chi connectivity index (χ3v) is 4.46. The molecule has 0 saturated carbocycles. The fraction of sp³-hybridized carbons (Fsp3) is 0.158. The van der Waals surface area contributed by atoms with Crippen LogP contribution in [-0.4, -0.2) is 14.3 Å². The van der Waals surface area contributed by atoms with Crippen molar-refractivity contribution in [2.75, 3.05) is 0 Å². The van der Waals surface area contributed by atoms with Crippen molar-refractivity contribution >= 4 is 33.4 Å². The molecule has 0 amide bonds. The Bertz CT molecular complexity index is 1110. The highest BCUT2D eigenvalue weighted by Gasteiger charge is 2.20. The topological polar surface area (TPSA) is 39.8 Å². The molecular formula is C19H16ClN3O. The van der Waals surface area contributed by atoms with E-state index in [0.29, 0.717) is 5.39 Å². The Morgan fingerprint density at radius 1 is 1.00 bits per heavy atom. The van der Waals surface area contributed by atoms with E-state index < -0.39 is 5.50 Å². The molecule has 0 saturated heterocycles. The summed E-state index contributed by atoms with van der Waals surface area (Å²) >= 11 is 6.38. The van der Waals surface area contributed by atoms with Gasteiger partial charge < -0.3 is 0 Å². The molecule has 120 valence electrons. The summed E-state index contributed by atoms with van der Waals surface area (Å²) in [4.78, 5) is 13.0. The minimum atomic E-state index is -0.483. The number of aryl methyl sites for hydroxylation is 1. The maximum absolute atomic E-state index is 13.0. The number of alkyl halides is 1. The average molecular weight is 338 g/mol. The van der Waals surface area contributed by atoms with E-state index in [1.165, 1.54) is 0 Å². The number of aromatic nitrogens is 3. The molecule has 2 heterocycles. The van der Waals surface area contributed by atoms with Gasteiger partial charge >= 0.3 is 0 Å². The summed E-state index contributed by atoms with van der Waals surface area (Å²) in [6.07, 6.45) is 0. The first-order chi connectivity index (χ1) is 11.6. The number of fused-ring (bicyclic) bond motifs is 3. The fourth-order valence-electron chi connectivity index (χ4n) is 3.25. The van der Waals surface area contributed by atoms with Crippen molar-refractivity contribution in [3.05, 3.63) is 70.6 Å². The molecule has 4 nitrogen and oxygen atoms in total. The predicted octanol–water partition coefficient (Wildman–Crippen LogP) is 4.41. The summed E-state index contributed by atoms with van der Waals surface area (Å²) < 4.78 is 3.42. The second-order valence-corrected chi connectivity index (χ2v) is 6.46. The zero-order chi connectivity index (χ0) is 16.8. The summed E-state index contributed by atoms with van der Waals surface area (Å²) in [5.74, 6) is 0. The van der Waals surface area contributed by atoms with Gasteiger partial charge in [-0.1, -0.05) is 48.0 Å². The van der Waals surface area contributed by atoms with Crippen LogP contribution in [0.2, 0.25) is 0 Å². The molecule has 2 aromatic heterocycles. The van der Waals surface area contributed by atoms with Crippen LogP contribution in [0.5, 0.6) is 0 Å². The smallest absolute Gasteiger partial charge is 0.261 e. The Morgan fingerprint density at radius 3 is 2.29 bits per heavy atom. The van der Waals surface area contributed by atoms with Crippen LogP contribution in [0.1, 0.15) is 18.1 Å². The van der Waals surface area contributed by atoms with Crippen molar-refractivity contribution in [3.8, 4) is 5.69 Å². The van der Waals surface area contributed by atoms with Crippen LogP contribution in [0, 0.1) is 6.92 Å². The molecular weight excluding hydrogens is 322 g/mol. The molecule has 0 fully saturated rings. The van der Waals surface area contributed by atoms with Gasteiger partial charge in [0.1, 0.15) is 11.1 Å². The lowest BCUT2D eigenvalue weighted by Gasteiger charge is -2.14. The zero-order valence-electron chi connectivity index (χ0n) is 13.4. The Kier molecular flexibility index (Phi) is 3.43. The van der Waals surface area contributed by atoms with Crippen LogP contribution in [0.4, 0.5) is 0 Å². The highest BCUT2D eigenvalue weighted by atomic mass is 35.5. The quantitative estimate of drug-likeness (QED) is 0.508. The van der Waals surface area contributed by atoms with Gasteiger partial charge in [-0.3, -0.25) is 9.36 Å². The van der Waals surface area contributed by atoms with Crippen molar-refractivity contribution in [1.82, 2.24) is 14.3 Å². The number of nitrogens with zero attached hydrogens (tertiary/aromatic N) is 3. The van der Waals surface area contributed by atoms with E-state index in [2.05, 4.69) is 0 Å².